The summed E-state index contributed by atoms with van der Waals surface area (Å²) in [5.74, 6) is -0.670. The van der Waals surface area contributed by atoms with E-state index < -0.39 is 10.9 Å². The van der Waals surface area contributed by atoms with E-state index in [9.17, 15) is 14.9 Å². The molecule has 2 rings (SSSR count). The largest absolute Gasteiger partial charge is 0.478 e. The van der Waals surface area contributed by atoms with Crippen LogP contribution in [0.4, 0.5) is 11.4 Å². The Labute approximate surface area is 116 Å². The maximum atomic E-state index is 11.0. The normalized spacial score (nSPS) is 17.7. The molecule has 1 unspecified atom stereocenters. The summed E-state index contributed by atoms with van der Waals surface area (Å²) in [6.45, 7) is 0.605. The van der Waals surface area contributed by atoms with Crippen LogP contribution in [0.2, 0.25) is 0 Å². The standard InChI is InChI=1S/C14H16N2O4/c17-14(18)11-6-7-13(16(19)20)12(8-11)15-9-10-4-2-1-3-5-10/h1-2,6-8,10,15H,3-5,9H2,(H,17,18). The summed E-state index contributed by atoms with van der Waals surface area (Å²) in [6.07, 6.45) is 7.24. The summed E-state index contributed by atoms with van der Waals surface area (Å²) in [7, 11) is 0. The van der Waals surface area contributed by atoms with Gasteiger partial charge >= 0.3 is 5.97 Å². The average molecular weight is 276 g/mol. The number of benzene rings is 1. The average Bonchev–Trinajstić information content (AvgIpc) is 2.45. The Morgan fingerprint density at radius 1 is 1.45 bits per heavy atom. The molecule has 1 aromatic rings. The SMILES string of the molecule is O=C(O)c1ccc([N+](=O)[O-])c(NCC2CC=CCC2)c1. The number of allylic oxidation sites excluding steroid dienone is 2. The van der Waals surface area contributed by atoms with Crippen LogP contribution >= 0.6 is 0 Å². The highest BCUT2D eigenvalue weighted by Crippen LogP contribution is 2.27. The van der Waals surface area contributed by atoms with Gasteiger partial charge in [-0.2, -0.15) is 0 Å². The smallest absolute Gasteiger partial charge is 0.335 e. The van der Waals surface area contributed by atoms with Gasteiger partial charge in [-0.05, 0) is 37.3 Å². The predicted molar refractivity (Wildman–Crippen MR) is 75.0 cm³/mol. The second-order valence-electron chi connectivity index (χ2n) is 4.83. The van der Waals surface area contributed by atoms with Gasteiger partial charge in [0.1, 0.15) is 5.69 Å². The number of nitrogens with one attached hydrogen (secondary N) is 1. The van der Waals surface area contributed by atoms with Crippen molar-refractivity contribution in [2.75, 3.05) is 11.9 Å². The van der Waals surface area contributed by atoms with Gasteiger partial charge in [0, 0.05) is 12.6 Å². The van der Waals surface area contributed by atoms with E-state index in [2.05, 4.69) is 17.5 Å². The molecule has 1 aromatic carbocycles. The van der Waals surface area contributed by atoms with Crippen molar-refractivity contribution >= 4 is 17.3 Å². The fourth-order valence-corrected chi connectivity index (χ4v) is 2.27. The second-order valence-corrected chi connectivity index (χ2v) is 4.83. The summed E-state index contributed by atoms with van der Waals surface area (Å²) in [6, 6.07) is 3.79. The zero-order valence-corrected chi connectivity index (χ0v) is 10.9. The number of rotatable bonds is 5. The molecule has 0 saturated heterocycles. The molecule has 2 N–H and O–H groups in total. The lowest BCUT2D eigenvalue weighted by molar-refractivity contribution is -0.384. The van der Waals surface area contributed by atoms with Crippen LogP contribution in [0.3, 0.4) is 0 Å². The van der Waals surface area contributed by atoms with Crippen LogP contribution in [0.5, 0.6) is 0 Å². The lowest BCUT2D eigenvalue weighted by Crippen LogP contribution is -2.16. The van der Waals surface area contributed by atoms with Crippen LogP contribution in [0, 0.1) is 16.0 Å². The first-order chi connectivity index (χ1) is 9.58. The third-order valence-electron chi connectivity index (χ3n) is 3.40. The monoisotopic (exact) mass is 276 g/mol. The number of carboxylic acid groups (broad SMARTS) is 1. The summed E-state index contributed by atoms with van der Waals surface area (Å²) in [5, 5.41) is 22.9. The molecule has 6 nitrogen and oxygen atoms in total. The van der Waals surface area contributed by atoms with Gasteiger partial charge in [-0.25, -0.2) is 4.79 Å². The minimum Gasteiger partial charge on any atom is -0.478 e. The number of hydrogen-bond acceptors (Lipinski definition) is 4. The maximum Gasteiger partial charge on any atom is 0.335 e. The number of aromatic carboxylic acids is 1. The van der Waals surface area contributed by atoms with Crippen LogP contribution in [0.25, 0.3) is 0 Å². The van der Waals surface area contributed by atoms with E-state index in [-0.39, 0.29) is 16.9 Å². The van der Waals surface area contributed by atoms with E-state index in [1.165, 1.54) is 18.2 Å². The third kappa shape index (κ3) is 3.34. The molecule has 0 fully saturated rings. The number of carbonyl (C=O) groups is 1. The highest BCUT2D eigenvalue weighted by molar-refractivity contribution is 5.90. The molecule has 1 aliphatic carbocycles. The number of nitro benzene ring substituents is 1. The Kier molecular flexibility index (Phi) is 4.34. The van der Waals surface area contributed by atoms with Gasteiger partial charge in [0.25, 0.3) is 5.69 Å². The molecule has 1 aliphatic rings. The molecule has 0 heterocycles. The Balaban J connectivity index is 2.14. The molecular formula is C14H16N2O4. The lowest BCUT2D eigenvalue weighted by atomic mass is 9.94. The first-order valence-electron chi connectivity index (χ1n) is 6.48. The van der Waals surface area contributed by atoms with Crippen LogP contribution in [0.15, 0.2) is 30.4 Å². The van der Waals surface area contributed by atoms with Gasteiger partial charge in [0.05, 0.1) is 10.5 Å². The Morgan fingerprint density at radius 3 is 2.85 bits per heavy atom. The number of hydrogen-bond donors (Lipinski definition) is 2. The van der Waals surface area contributed by atoms with Crippen LogP contribution in [0.1, 0.15) is 29.6 Å². The second kappa shape index (κ2) is 6.18. The van der Waals surface area contributed by atoms with Crippen LogP contribution in [-0.4, -0.2) is 22.5 Å². The van der Waals surface area contributed by atoms with Crippen LogP contribution < -0.4 is 5.32 Å². The van der Waals surface area contributed by atoms with Gasteiger partial charge in [0.2, 0.25) is 0 Å². The first kappa shape index (κ1) is 14.0. The molecule has 0 aliphatic heterocycles. The van der Waals surface area contributed by atoms with Crippen molar-refractivity contribution in [2.24, 2.45) is 5.92 Å². The molecular weight excluding hydrogens is 260 g/mol. The van der Waals surface area contributed by atoms with E-state index in [0.29, 0.717) is 12.5 Å². The number of anilines is 1. The van der Waals surface area contributed by atoms with Crippen molar-refractivity contribution in [3.05, 3.63) is 46.0 Å². The van der Waals surface area contributed by atoms with E-state index in [0.717, 1.165) is 19.3 Å². The van der Waals surface area contributed by atoms with Crippen LogP contribution in [-0.2, 0) is 0 Å². The van der Waals surface area contributed by atoms with Crippen molar-refractivity contribution in [2.45, 2.75) is 19.3 Å². The quantitative estimate of drug-likeness (QED) is 0.490. The topological polar surface area (TPSA) is 92.5 Å². The summed E-state index contributed by atoms with van der Waals surface area (Å²) >= 11 is 0. The van der Waals surface area contributed by atoms with Crippen molar-refractivity contribution < 1.29 is 14.8 Å². The molecule has 6 heteroatoms. The Bertz CT molecular complexity index is 554. The van der Waals surface area contributed by atoms with E-state index >= 15 is 0 Å². The molecule has 0 radical (unpaired) electrons. The predicted octanol–water partition coefficient (Wildman–Crippen LogP) is 3.06. The molecule has 0 spiro atoms. The molecule has 0 bridgehead atoms. The fraction of sp³-hybridized carbons (Fsp3) is 0.357. The number of nitro groups is 1. The Hall–Kier alpha value is -2.37. The van der Waals surface area contributed by atoms with Crippen molar-refractivity contribution in [3.8, 4) is 0 Å². The summed E-state index contributed by atoms with van der Waals surface area (Å²) < 4.78 is 0. The molecule has 0 amide bonds. The molecule has 20 heavy (non-hydrogen) atoms. The van der Waals surface area contributed by atoms with Crippen molar-refractivity contribution in [1.82, 2.24) is 0 Å². The van der Waals surface area contributed by atoms with Crippen molar-refractivity contribution in [3.63, 3.8) is 0 Å². The van der Waals surface area contributed by atoms with Crippen molar-refractivity contribution in [1.29, 1.82) is 0 Å². The summed E-state index contributed by atoms with van der Waals surface area (Å²) in [4.78, 5) is 21.4. The minimum absolute atomic E-state index is 0.0432. The number of carboxylic acids is 1. The van der Waals surface area contributed by atoms with Gasteiger partial charge in [-0.3, -0.25) is 10.1 Å². The minimum atomic E-state index is -1.09. The zero-order valence-electron chi connectivity index (χ0n) is 10.9. The van der Waals surface area contributed by atoms with E-state index in [1.54, 1.807) is 0 Å². The first-order valence-corrected chi connectivity index (χ1v) is 6.48. The molecule has 106 valence electrons. The number of nitrogens with zero attached hydrogens (tertiary/aromatic N) is 1. The highest BCUT2D eigenvalue weighted by Gasteiger charge is 2.18. The maximum absolute atomic E-state index is 11.0. The van der Waals surface area contributed by atoms with Gasteiger partial charge in [0.15, 0.2) is 0 Å². The highest BCUT2D eigenvalue weighted by atomic mass is 16.6. The third-order valence-corrected chi connectivity index (χ3v) is 3.40. The zero-order chi connectivity index (χ0) is 14.5. The van der Waals surface area contributed by atoms with E-state index in [1.807, 2.05) is 0 Å². The van der Waals surface area contributed by atoms with Gasteiger partial charge in [-0.15, -0.1) is 0 Å². The molecule has 0 aromatic heterocycles. The molecule has 1 atom stereocenters. The Morgan fingerprint density at radius 2 is 2.25 bits per heavy atom. The van der Waals surface area contributed by atoms with Gasteiger partial charge in [-0.1, -0.05) is 12.2 Å². The molecule has 0 saturated carbocycles. The van der Waals surface area contributed by atoms with Gasteiger partial charge < -0.3 is 10.4 Å². The fourth-order valence-electron chi connectivity index (χ4n) is 2.27. The summed E-state index contributed by atoms with van der Waals surface area (Å²) in [5.41, 5.74) is 0.215. The van der Waals surface area contributed by atoms with E-state index in [4.69, 9.17) is 5.11 Å². The lowest BCUT2D eigenvalue weighted by Gasteiger charge is -2.18.